The summed E-state index contributed by atoms with van der Waals surface area (Å²) in [6.45, 7) is 0. The Bertz CT molecular complexity index is 2810. The minimum absolute atomic E-state index is 0.881. The number of hydrogen-bond donors (Lipinski definition) is 0. The molecule has 0 unspecified atom stereocenters. The van der Waals surface area contributed by atoms with Crippen molar-refractivity contribution < 1.29 is 4.42 Å². The minimum atomic E-state index is 0.881. The molecule has 0 spiro atoms. The number of para-hydroxylation sites is 1. The van der Waals surface area contributed by atoms with Crippen LogP contribution in [0.15, 0.2) is 168 Å². The fourth-order valence-electron chi connectivity index (χ4n) is 7.27. The zero-order chi connectivity index (χ0) is 30.9. The summed E-state index contributed by atoms with van der Waals surface area (Å²) in [5.41, 5.74) is 7.54. The molecule has 0 saturated heterocycles. The van der Waals surface area contributed by atoms with Gasteiger partial charge in [0.2, 0.25) is 0 Å². The zero-order valence-corrected chi connectivity index (χ0v) is 26.2. The molecule has 10 rings (SSSR count). The number of rotatable bonds is 4. The Hall–Kier alpha value is -5.90. The van der Waals surface area contributed by atoms with Crippen LogP contribution in [-0.2, 0) is 0 Å². The predicted octanol–water partition coefficient (Wildman–Crippen LogP) is 13.4. The molecule has 8 aromatic carbocycles. The summed E-state index contributed by atoms with van der Waals surface area (Å²) in [6, 6.07) is 59.0. The summed E-state index contributed by atoms with van der Waals surface area (Å²) >= 11 is 1.87. The highest BCUT2D eigenvalue weighted by molar-refractivity contribution is 7.26. The maximum atomic E-state index is 6.39. The first-order valence-electron chi connectivity index (χ1n) is 15.9. The van der Waals surface area contributed by atoms with Crippen LogP contribution in [0.25, 0.3) is 74.8 Å². The van der Waals surface area contributed by atoms with Crippen molar-refractivity contribution in [3.63, 3.8) is 0 Å². The Kier molecular flexibility index (Phi) is 5.78. The highest BCUT2D eigenvalue weighted by Crippen LogP contribution is 2.45. The van der Waals surface area contributed by atoms with Crippen LogP contribution in [0, 0.1) is 0 Å². The van der Waals surface area contributed by atoms with Gasteiger partial charge < -0.3 is 9.32 Å². The third-order valence-electron chi connectivity index (χ3n) is 9.45. The number of benzene rings is 8. The Morgan fingerprint density at radius 3 is 1.96 bits per heavy atom. The number of hydrogen-bond acceptors (Lipinski definition) is 3. The quantitative estimate of drug-likeness (QED) is 0.183. The fourth-order valence-corrected chi connectivity index (χ4v) is 8.50. The van der Waals surface area contributed by atoms with Gasteiger partial charge in [-0.25, -0.2) is 0 Å². The van der Waals surface area contributed by atoms with E-state index in [0.717, 1.165) is 39.0 Å². The van der Waals surface area contributed by atoms with Crippen LogP contribution in [0.2, 0.25) is 0 Å². The predicted molar refractivity (Wildman–Crippen MR) is 202 cm³/mol. The van der Waals surface area contributed by atoms with Crippen LogP contribution in [0.1, 0.15) is 0 Å². The lowest BCUT2D eigenvalue weighted by molar-refractivity contribution is 0.669. The van der Waals surface area contributed by atoms with Gasteiger partial charge in [-0.3, -0.25) is 0 Å². The molecule has 0 N–H and O–H groups in total. The van der Waals surface area contributed by atoms with Crippen LogP contribution >= 0.6 is 11.3 Å². The normalized spacial score (nSPS) is 11.8. The van der Waals surface area contributed by atoms with Crippen molar-refractivity contribution in [2.45, 2.75) is 0 Å². The van der Waals surface area contributed by atoms with Gasteiger partial charge in [0.15, 0.2) is 0 Å². The molecular formula is C44H27NOS. The molecule has 0 bridgehead atoms. The maximum Gasteiger partial charge on any atom is 0.137 e. The van der Waals surface area contributed by atoms with Crippen LogP contribution in [-0.4, -0.2) is 0 Å². The highest BCUT2D eigenvalue weighted by Gasteiger charge is 2.19. The first-order chi connectivity index (χ1) is 23.3. The van der Waals surface area contributed by atoms with E-state index >= 15 is 0 Å². The molecule has 0 aliphatic carbocycles. The third kappa shape index (κ3) is 4.10. The van der Waals surface area contributed by atoms with Crippen LogP contribution in [0.4, 0.5) is 17.1 Å². The Morgan fingerprint density at radius 2 is 1.09 bits per heavy atom. The molecule has 0 radical (unpaired) electrons. The van der Waals surface area contributed by atoms with Gasteiger partial charge in [0, 0.05) is 53.8 Å². The average molecular weight is 618 g/mol. The number of anilines is 3. The van der Waals surface area contributed by atoms with Crippen molar-refractivity contribution in [1.29, 1.82) is 0 Å². The van der Waals surface area contributed by atoms with Gasteiger partial charge in [-0.05, 0) is 69.8 Å². The molecule has 0 fully saturated rings. The number of fused-ring (bicyclic) bond motifs is 9. The number of nitrogens with zero attached hydrogens (tertiary/aromatic N) is 1. The third-order valence-corrected chi connectivity index (χ3v) is 10.7. The lowest BCUT2D eigenvalue weighted by Gasteiger charge is -2.27. The van der Waals surface area contributed by atoms with Gasteiger partial charge in [0.05, 0.1) is 5.69 Å². The molecule has 47 heavy (non-hydrogen) atoms. The van der Waals surface area contributed by atoms with Gasteiger partial charge in [-0.15, -0.1) is 11.3 Å². The summed E-state index contributed by atoms with van der Waals surface area (Å²) in [4.78, 5) is 2.38. The molecule has 2 aromatic heterocycles. The number of furan rings is 1. The van der Waals surface area contributed by atoms with Crippen molar-refractivity contribution in [3.8, 4) is 11.1 Å². The van der Waals surface area contributed by atoms with E-state index in [9.17, 15) is 0 Å². The molecule has 2 nitrogen and oxygen atoms in total. The highest BCUT2D eigenvalue weighted by atomic mass is 32.1. The maximum absolute atomic E-state index is 6.39. The molecule has 2 heterocycles. The van der Waals surface area contributed by atoms with Gasteiger partial charge in [-0.2, -0.15) is 0 Å². The fraction of sp³-hybridized carbons (Fsp3) is 0. The van der Waals surface area contributed by atoms with Gasteiger partial charge in [-0.1, -0.05) is 115 Å². The van der Waals surface area contributed by atoms with Gasteiger partial charge in [0.25, 0.3) is 0 Å². The van der Waals surface area contributed by atoms with Gasteiger partial charge >= 0.3 is 0 Å². The largest absolute Gasteiger partial charge is 0.456 e. The van der Waals surface area contributed by atoms with Crippen LogP contribution in [0.3, 0.4) is 0 Å². The number of thiophene rings is 1. The molecule has 0 amide bonds. The first kappa shape index (κ1) is 26.3. The molecule has 0 saturated carbocycles. The topological polar surface area (TPSA) is 16.4 Å². The van der Waals surface area contributed by atoms with E-state index in [0.29, 0.717) is 0 Å². The second kappa shape index (κ2) is 10.3. The summed E-state index contributed by atoms with van der Waals surface area (Å²) < 4.78 is 9.04. The van der Waals surface area contributed by atoms with Crippen molar-refractivity contribution >= 4 is 92.1 Å². The SMILES string of the molecule is c1ccc2c(c1)cc(N(c1ccc(-c3cccc4c3sc3ccccc34)cc1)c1ccc3c(c1)oc1ccccc13)c1ccccc12. The van der Waals surface area contributed by atoms with Crippen molar-refractivity contribution in [2.24, 2.45) is 0 Å². The second-order valence-electron chi connectivity index (χ2n) is 12.1. The van der Waals surface area contributed by atoms with E-state index in [1.807, 2.05) is 23.5 Å². The summed E-state index contributed by atoms with van der Waals surface area (Å²) in [5.74, 6) is 0. The van der Waals surface area contributed by atoms with E-state index < -0.39 is 0 Å². The Balaban J connectivity index is 1.19. The van der Waals surface area contributed by atoms with Crippen LogP contribution < -0.4 is 4.90 Å². The van der Waals surface area contributed by atoms with E-state index in [1.165, 1.54) is 52.8 Å². The average Bonchev–Trinajstić information content (AvgIpc) is 3.70. The minimum Gasteiger partial charge on any atom is -0.456 e. The monoisotopic (exact) mass is 617 g/mol. The summed E-state index contributed by atoms with van der Waals surface area (Å²) in [7, 11) is 0. The Labute approximate surface area is 275 Å². The lowest BCUT2D eigenvalue weighted by Crippen LogP contribution is -2.10. The molecular weight excluding hydrogens is 591 g/mol. The molecule has 0 atom stereocenters. The van der Waals surface area contributed by atoms with Crippen LogP contribution in [0.5, 0.6) is 0 Å². The van der Waals surface area contributed by atoms with E-state index in [-0.39, 0.29) is 0 Å². The summed E-state index contributed by atoms with van der Waals surface area (Å²) in [6.07, 6.45) is 0. The molecule has 220 valence electrons. The second-order valence-corrected chi connectivity index (χ2v) is 13.2. The van der Waals surface area contributed by atoms with E-state index in [2.05, 4.69) is 157 Å². The van der Waals surface area contributed by atoms with Crippen molar-refractivity contribution in [2.75, 3.05) is 4.90 Å². The van der Waals surface area contributed by atoms with Crippen molar-refractivity contribution in [1.82, 2.24) is 0 Å². The molecule has 3 heteroatoms. The Morgan fingerprint density at radius 1 is 0.426 bits per heavy atom. The first-order valence-corrected chi connectivity index (χ1v) is 16.7. The van der Waals surface area contributed by atoms with E-state index in [4.69, 9.17) is 4.42 Å². The smallest absolute Gasteiger partial charge is 0.137 e. The standard InChI is InChI=1S/C44H27NOS/c1-2-11-32-29(10-1)26-40(35-13-4-3-12-34(32)35)45(31-24-25-37-36-14-5-7-18-41(36)46-42(37)27-31)30-22-20-28(21-23-30)33-16-9-17-39-38-15-6-8-19-43(38)47-44(33)39/h1-27H. The zero-order valence-electron chi connectivity index (χ0n) is 25.4. The van der Waals surface area contributed by atoms with Gasteiger partial charge in [0.1, 0.15) is 11.2 Å². The lowest BCUT2D eigenvalue weighted by atomic mass is 9.98. The molecule has 10 aromatic rings. The van der Waals surface area contributed by atoms with E-state index in [1.54, 1.807) is 0 Å². The van der Waals surface area contributed by atoms with Crippen molar-refractivity contribution in [3.05, 3.63) is 164 Å². The summed E-state index contributed by atoms with van der Waals surface area (Å²) in [5, 5.41) is 9.81. The molecule has 0 aliphatic rings. The molecule has 0 aliphatic heterocycles.